The minimum Gasteiger partial charge on any atom is -0.466 e. The quantitative estimate of drug-likeness (QED) is 0.625. The predicted molar refractivity (Wildman–Crippen MR) is 65.9 cm³/mol. The van der Waals surface area contributed by atoms with E-state index in [-0.39, 0.29) is 12.4 Å². The Kier molecular flexibility index (Phi) is 4.58. The highest BCUT2D eigenvalue weighted by Crippen LogP contribution is 2.17. The Hall–Kier alpha value is -1.77. The minimum atomic E-state index is -0.217. The zero-order chi connectivity index (χ0) is 12.0. The number of ether oxygens (including phenoxy) is 1. The van der Waals surface area contributed by atoms with E-state index in [4.69, 9.17) is 10.5 Å². The van der Waals surface area contributed by atoms with Gasteiger partial charge in [-0.25, -0.2) is 0 Å². The molecule has 0 spiro atoms. The van der Waals surface area contributed by atoms with Crippen LogP contribution in [-0.4, -0.2) is 12.6 Å². The Morgan fingerprint density at radius 1 is 1.50 bits per heavy atom. The number of nitrogen functional groups attached to an aromatic ring is 1. The monoisotopic (exact) mass is 219 g/mol. The van der Waals surface area contributed by atoms with Crippen molar-refractivity contribution in [3.63, 3.8) is 0 Å². The molecule has 0 aliphatic carbocycles. The Balaban J connectivity index is 2.66. The third-order valence-corrected chi connectivity index (χ3v) is 2.23. The lowest BCUT2D eigenvalue weighted by Crippen LogP contribution is -2.01. The standard InChI is InChI=1S/C13H17NO2/c1-3-16-13(15)9-5-7-11-10(2)6-4-8-12(11)14/h4-8H,3,9,14H2,1-2H3. The lowest BCUT2D eigenvalue weighted by Gasteiger charge is -2.03. The summed E-state index contributed by atoms with van der Waals surface area (Å²) in [7, 11) is 0. The molecule has 1 aromatic carbocycles. The van der Waals surface area contributed by atoms with Crippen molar-refractivity contribution in [1.82, 2.24) is 0 Å². The van der Waals surface area contributed by atoms with Crippen LogP contribution < -0.4 is 5.73 Å². The normalized spacial score (nSPS) is 10.6. The molecule has 2 N–H and O–H groups in total. The molecule has 1 aromatic rings. The largest absolute Gasteiger partial charge is 0.466 e. The Labute approximate surface area is 95.9 Å². The van der Waals surface area contributed by atoms with Crippen LogP contribution in [0.25, 0.3) is 6.08 Å². The van der Waals surface area contributed by atoms with Crippen LogP contribution >= 0.6 is 0 Å². The molecule has 0 heterocycles. The van der Waals surface area contributed by atoms with Crippen molar-refractivity contribution in [1.29, 1.82) is 0 Å². The summed E-state index contributed by atoms with van der Waals surface area (Å²) in [5, 5.41) is 0. The third-order valence-electron chi connectivity index (χ3n) is 2.23. The number of hydrogen-bond acceptors (Lipinski definition) is 3. The highest BCUT2D eigenvalue weighted by atomic mass is 16.5. The SMILES string of the molecule is CCOC(=O)CC=Cc1c(C)cccc1N. The van der Waals surface area contributed by atoms with E-state index in [0.29, 0.717) is 6.61 Å². The highest BCUT2D eigenvalue weighted by Gasteiger charge is 2.00. The van der Waals surface area contributed by atoms with Gasteiger partial charge in [0.2, 0.25) is 0 Å². The molecule has 16 heavy (non-hydrogen) atoms. The van der Waals surface area contributed by atoms with E-state index >= 15 is 0 Å². The molecule has 0 saturated carbocycles. The molecular formula is C13H17NO2. The smallest absolute Gasteiger partial charge is 0.309 e. The fraction of sp³-hybridized carbons (Fsp3) is 0.308. The number of esters is 1. The van der Waals surface area contributed by atoms with E-state index in [1.165, 1.54) is 0 Å². The first kappa shape index (κ1) is 12.3. The molecule has 0 saturated heterocycles. The van der Waals surface area contributed by atoms with Crippen molar-refractivity contribution in [2.75, 3.05) is 12.3 Å². The van der Waals surface area contributed by atoms with Crippen LogP contribution in [0, 0.1) is 6.92 Å². The van der Waals surface area contributed by atoms with Gasteiger partial charge in [0.1, 0.15) is 0 Å². The second-order valence-corrected chi connectivity index (χ2v) is 3.49. The molecule has 0 radical (unpaired) electrons. The van der Waals surface area contributed by atoms with Crippen LogP contribution in [0.4, 0.5) is 5.69 Å². The van der Waals surface area contributed by atoms with Crippen molar-refractivity contribution >= 4 is 17.7 Å². The van der Waals surface area contributed by atoms with E-state index in [9.17, 15) is 4.79 Å². The van der Waals surface area contributed by atoms with Gasteiger partial charge in [-0.15, -0.1) is 0 Å². The predicted octanol–water partition coefficient (Wildman–Crippen LogP) is 2.54. The number of nitrogens with two attached hydrogens (primary N) is 1. The lowest BCUT2D eigenvalue weighted by molar-refractivity contribution is -0.142. The first-order valence-electron chi connectivity index (χ1n) is 5.32. The topological polar surface area (TPSA) is 52.3 Å². The van der Waals surface area contributed by atoms with Crippen LogP contribution in [0.5, 0.6) is 0 Å². The van der Waals surface area contributed by atoms with Crippen molar-refractivity contribution < 1.29 is 9.53 Å². The maximum Gasteiger partial charge on any atom is 0.309 e. The molecule has 0 aliphatic heterocycles. The van der Waals surface area contributed by atoms with Crippen molar-refractivity contribution in [3.8, 4) is 0 Å². The zero-order valence-corrected chi connectivity index (χ0v) is 9.69. The molecule has 0 bridgehead atoms. The fourth-order valence-corrected chi connectivity index (χ4v) is 1.42. The summed E-state index contributed by atoms with van der Waals surface area (Å²) in [5.74, 6) is -0.217. The van der Waals surface area contributed by atoms with Crippen LogP contribution in [0.2, 0.25) is 0 Å². The van der Waals surface area contributed by atoms with Crippen molar-refractivity contribution in [2.24, 2.45) is 0 Å². The van der Waals surface area contributed by atoms with Gasteiger partial charge in [0.05, 0.1) is 13.0 Å². The summed E-state index contributed by atoms with van der Waals surface area (Å²) in [6.45, 7) is 4.19. The summed E-state index contributed by atoms with van der Waals surface area (Å²) in [4.78, 5) is 11.1. The Bertz CT molecular complexity index is 377. The molecule has 0 aromatic heterocycles. The maximum absolute atomic E-state index is 11.1. The molecule has 0 aliphatic rings. The van der Waals surface area contributed by atoms with Gasteiger partial charge < -0.3 is 10.5 Å². The Morgan fingerprint density at radius 2 is 2.25 bits per heavy atom. The van der Waals surface area contributed by atoms with Gasteiger partial charge in [-0.1, -0.05) is 24.3 Å². The number of hydrogen-bond donors (Lipinski definition) is 1. The van der Waals surface area contributed by atoms with Gasteiger partial charge in [-0.3, -0.25) is 4.79 Å². The van der Waals surface area contributed by atoms with Gasteiger partial charge in [0.25, 0.3) is 0 Å². The van der Waals surface area contributed by atoms with Gasteiger partial charge in [-0.2, -0.15) is 0 Å². The fourth-order valence-electron chi connectivity index (χ4n) is 1.42. The number of carbonyl (C=O) groups excluding carboxylic acids is 1. The lowest BCUT2D eigenvalue weighted by atomic mass is 10.1. The van der Waals surface area contributed by atoms with Crippen LogP contribution in [0.1, 0.15) is 24.5 Å². The van der Waals surface area contributed by atoms with Gasteiger partial charge >= 0.3 is 5.97 Å². The van der Waals surface area contributed by atoms with Crippen LogP contribution in [0.15, 0.2) is 24.3 Å². The average Bonchev–Trinajstić information content (AvgIpc) is 2.23. The molecule has 0 unspecified atom stereocenters. The third kappa shape index (κ3) is 3.42. The molecule has 0 atom stereocenters. The zero-order valence-electron chi connectivity index (χ0n) is 9.69. The van der Waals surface area contributed by atoms with E-state index < -0.39 is 0 Å². The second kappa shape index (κ2) is 5.95. The number of anilines is 1. The molecule has 3 heteroatoms. The van der Waals surface area contributed by atoms with Gasteiger partial charge in [-0.05, 0) is 31.0 Å². The number of carbonyl (C=O) groups is 1. The minimum absolute atomic E-state index is 0.217. The first-order chi connectivity index (χ1) is 7.65. The molecule has 1 rings (SSSR count). The van der Waals surface area contributed by atoms with E-state index in [0.717, 1.165) is 16.8 Å². The number of aryl methyl sites for hydroxylation is 1. The molecule has 0 fully saturated rings. The van der Waals surface area contributed by atoms with Crippen molar-refractivity contribution in [3.05, 3.63) is 35.4 Å². The highest BCUT2D eigenvalue weighted by molar-refractivity contribution is 5.74. The average molecular weight is 219 g/mol. The number of rotatable bonds is 4. The summed E-state index contributed by atoms with van der Waals surface area (Å²) >= 11 is 0. The summed E-state index contributed by atoms with van der Waals surface area (Å²) in [5.41, 5.74) is 8.61. The Morgan fingerprint density at radius 3 is 2.88 bits per heavy atom. The van der Waals surface area contributed by atoms with Gasteiger partial charge in [0, 0.05) is 5.69 Å². The molecule has 0 amide bonds. The second-order valence-electron chi connectivity index (χ2n) is 3.49. The number of benzene rings is 1. The summed E-state index contributed by atoms with van der Waals surface area (Å²) in [6.07, 6.45) is 3.92. The van der Waals surface area contributed by atoms with E-state index in [1.54, 1.807) is 13.0 Å². The van der Waals surface area contributed by atoms with Gasteiger partial charge in [0.15, 0.2) is 0 Å². The maximum atomic E-state index is 11.1. The first-order valence-corrected chi connectivity index (χ1v) is 5.32. The molecular weight excluding hydrogens is 202 g/mol. The summed E-state index contributed by atoms with van der Waals surface area (Å²) in [6, 6.07) is 5.74. The van der Waals surface area contributed by atoms with Crippen molar-refractivity contribution in [2.45, 2.75) is 20.3 Å². The molecule has 86 valence electrons. The summed E-state index contributed by atoms with van der Waals surface area (Å²) < 4.78 is 4.82. The van der Waals surface area contributed by atoms with E-state index in [2.05, 4.69) is 0 Å². The van der Waals surface area contributed by atoms with Crippen LogP contribution in [-0.2, 0) is 9.53 Å². The molecule has 3 nitrogen and oxygen atoms in total. The van der Waals surface area contributed by atoms with Crippen LogP contribution in [0.3, 0.4) is 0 Å². The van der Waals surface area contributed by atoms with E-state index in [1.807, 2.05) is 31.2 Å².